The van der Waals surface area contributed by atoms with E-state index in [1.165, 1.54) is 26.4 Å². The Labute approximate surface area is 101 Å². The molecule has 0 aliphatic heterocycles. The number of nitrogens with two attached hydrogens (primary N) is 1. The third-order valence-corrected chi connectivity index (χ3v) is 3.17. The summed E-state index contributed by atoms with van der Waals surface area (Å²) in [6.07, 6.45) is 3.85. The summed E-state index contributed by atoms with van der Waals surface area (Å²) in [5.41, 5.74) is 5.56. The van der Waals surface area contributed by atoms with E-state index < -0.39 is 0 Å². The van der Waals surface area contributed by atoms with Crippen LogP contribution in [-0.4, -0.2) is 28.6 Å². The Morgan fingerprint density at radius 2 is 2.18 bits per heavy atom. The van der Waals surface area contributed by atoms with Crippen molar-refractivity contribution < 1.29 is 4.74 Å². The number of hydrogen-bond acceptors (Lipinski definition) is 6. The summed E-state index contributed by atoms with van der Waals surface area (Å²) in [5, 5.41) is 3.20. The lowest BCUT2D eigenvalue weighted by molar-refractivity contribution is 0.379. The van der Waals surface area contributed by atoms with Crippen LogP contribution < -0.4 is 15.8 Å². The van der Waals surface area contributed by atoms with E-state index >= 15 is 0 Å². The summed E-state index contributed by atoms with van der Waals surface area (Å²) in [4.78, 5) is 12.0. The van der Waals surface area contributed by atoms with Crippen molar-refractivity contribution in [3.63, 3.8) is 0 Å². The highest BCUT2D eigenvalue weighted by Gasteiger charge is 2.21. The van der Waals surface area contributed by atoms with Gasteiger partial charge in [-0.15, -0.1) is 0 Å². The van der Waals surface area contributed by atoms with Crippen molar-refractivity contribution in [2.75, 3.05) is 24.7 Å². The molecule has 1 aromatic heterocycles. The van der Waals surface area contributed by atoms with Gasteiger partial charge in [-0.05, 0) is 24.7 Å². The number of hydrogen-bond donors (Lipinski definition) is 2. The van der Waals surface area contributed by atoms with Gasteiger partial charge < -0.3 is 15.8 Å². The predicted octanol–water partition coefficient (Wildman–Crippen LogP) is 1.31. The van der Waals surface area contributed by atoms with E-state index in [-0.39, 0.29) is 12.0 Å². The van der Waals surface area contributed by atoms with Gasteiger partial charge in [0, 0.05) is 6.54 Å². The smallest absolute Gasteiger partial charge is 0.322 e. The molecule has 17 heavy (non-hydrogen) atoms. The average Bonchev–Trinajstić information content (AvgIpc) is 2.72. The second-order valence-electron chi connectivity index (χ2n) is 4.67. The minimum Gasteiger partial charge on any atom is -0.467 e. The van der Waals surface area contributed by atoms with Gasteiger partial charge in [0.2, 0.25) is 11.9 Å². The molecular weight excluding hydrogens is 218 g/mol. The van der Waals surface area contributed by atoms with E-state index in [1.807, 2.05) is 0 Å². The molecule has 0 spiro atoms. The molecule has 1 saturated carbocycles. The first kappa shape index (κ1) is 11.9. The molecule has 6 nitrogen and oxygen atoms in total. The lowest BCUT2D eigenvalue weighted by Gasteiger charge is -2.11. The number of aromatic nitrogens is 3. The Morgan fingerprint density at radius 1 is 1.35 bits per heavy atom. The molecule has 2 unspecified atom stereocenters. The maximum atomic E-state index is 5.56. The first-order valence-electron chi connectivity index (χ1n) is 5.96. The Balaban J connectivity index is 1.92. The van der Waals surface area contributed by atoms with E-state index in [1.54, 1.807) is 0 Å². The van der Waals surface area contributed by atoms with E-state index in [0.29, 0.717) is 11.9 Å². The Hall–Kier alpha value is -1.59. The van der Waals surface area contributed by atoms with E-state index in [2.05, 4.69) is 27.2 Å². The lowest BCUT2D eigenvalue weighted by atomic mass is 10.1. The molecule has 6 heteroatoms. The number of nitrogens with one attached hydrogen (secondary N) is 1. The minimum atomic E-state index is 0.180. The highest BCUT2D eigenvalue weighted by Crippen LogP contribution is 2.30. The Bertz CT molecular complexity index is 384. The van der Waals surface area contributed by atoms with Gasteiger partial charge in [0.1, 0.15) is 0 Å². The summed E-state index contributed by atoms with van der Waals surface area (Å²) >= 11 is 0. The number of nitrogen functional groups attached to an aromatic ring is 1. The van der Waals surface area contributed by atoms with Gasteiger partial charge in [0.05, 0.1) is 7.11 Å². The molecule has 2 rings (SSSR count). The summed E-state index contributed by atoms with van der Waals surface area (Å²) in [6.45, 7) is 3.18. The fourth-order valence-corrected chi connectivity index (χ4v) is 2.29. The molecule has 1 heterocycles. The van der Waals surface area contributed by atoms with Gasteiger partial charge in [-0.25, -0.2) is 0 Å². The fourth-order valence-electron chi connectivity index (χ4n) is 2.29. The molecular formula is C11H19N5O. The van der Waals surface area contributed by atoms with Crippen LogP contribution in [0.15, 0.2) is 0 Å². The molecule has 1 aliphatic carbocycles. The van der Waals surface area contributed by atoms with Gasteiger partial charge in [-0.1, -0.05) is 13.3 Å². The van der Waals surface area contributed by atoms with Gasteiger partial charge in [-0.3, -0.25) is 0 Å². The van der Waals surface area contributed by atoms with Crippen molar-refractivity contribution >= 4 is 11.9 Å². The second kappa shape index (κ2) is 5.16. The molecule has 1 aliphatic rings. The van der Waals surface area contributed by atoms with E-state index in [0.717, 1.165) is 12.5 Å². The highest BCUT2D eigenvalue weighted by atomic mass is 16.5. The van der Waals surface area contributed by atoms with Crippen LogP contribution in [0.2, 0.25) is 0 Å². The first-order chi connectivity index (χ1) is 8.17. The van der Waals surface area contributed by atoms with Crippen LogP contribution in [0.5, 0.6) is 6.01 Å². The summed E-state index contributed by atoms with van der Waals surface area (Å²) in [7, 11) is 1.51. The Kier molecular flexibility index (Phi) is 3.61. The molecule has 0 amide bonds. The van der Waals surface area contributed by atoms with Gasteiger partial charge >= 0.3 is 6.01 Å². The normalized spacial score (nSPS) is 23.6. The largest absolute Gasteiger partial charge is 0.467 e. The van der Waals surface area contributed by atoms with Crippen molar-refractivity contribution in [3.05, 3.63) is 0 Å². The first-order valence-corrected chi connectivity index (χ1v) is 5.96. The standard InChI is InChI=1S/C11H19N5O/c1-7-3-4-8(5-7)6-13-10-14-9(12)15-11(16-10)17-2/h7-8H,3-6H2,1-2H3,(H3,12,13,14,15,16). The summed E-state index contributed by atoms with van der Waals surface area (Å²) in [6, 6.07) is 0.250. The molecule has 1 aromatic rings. The number of anilines is 2. The molecule has 94 valence electrons. The lowest BCUT2D eigenvalue weighted by Crippen LogP contribution is -2.15. The number of methoxy groups -OCH3 is 1. The average molecular weight is 237 g/mol. The topological polar surface area (TPSA) is 86.0 Å². The van der Waals surface area contributed by atoms with Gasteiger partial charge in [0.25, 0.3) is 0 Å². The predicted molar refractivity (Wildman–Crippen MR) is 65.8 cm³/mol. The SMILES string of the molecule is COc1nc(N)nc(NCC2CCC(C)C2)n1. The minimum absolute atomic E-state index is 0.180. The molecule has 0 radical (unpaired) electrons. The van der Waals surface area contributed by atoms with Gasteiger partial charge in [-0.2, -0.15) is 15.0 Å². The molecule has 3 N–H and O–H groups in total. The van der Waals surface area contributed by atoms with E-state index in [9.17, 15) is 0 Å². The molecule has 2 atom stereocenters. The van der Waals surface area contributed by atoms with Crippen LogP contribution in [0.25, 0.3) is 0 Å². The van der Waals surface area contributed by atoms with Crippen LogP contribution in [-0.2, 0) is 0 Å². The zero-order valence-corrected chi connectivity index (χ0v) is 10.3. The number of ether oxygens (including phenoxy) is 1. The van der Waals surface area contributed by atoms with Crippen molar-refractivity contribution in [1.82, 2.24) is 15.0 Å². The highest BCUT2D eigenvalue weighted by molar-refractivity contribution is 5.32. The van der Waals surface area contributed by atoms with Gasteiger partial charge in [0.15, 0.2) is 0 Å². The summed E-state index contributed by atoms with van der Waals surface area (Å²) in [5.74, 6) is 2.21. The molecule has 0 aromatic carbocycles. The van der Waals surface area contributed by atoms with Crippen molar-refractivity contribution in [2.24, 2.45) is 11.8 Å². The monoisotopic (exact) mass is 237 g/mol. The maximum Gasteiger partial charge on any atom is 0.322 e. The van der Waals surface area contributed by atoms with Crippen LogP contribution in [0.4, 0.5) is 11.9 Å². The number of nitrogens with zero attached hydrogens (tertiary/aromatic N) is 3. The third kappa shape index (κ3) is 3.18. The second-order valence-corrected chi connectivity index (χ2v) is 4.67. The third-order valence-electron chi connectivity index (χ3n) is 3.17. The van der Waals surface area contributed by atoms with Crippen LogP contribution in [0.3, 0.4) is 0 Å². The quantitative estimate of drug-likeness (QED) is 0.821. The van der Waals surface area contributed by atoms with Crippen molar-refractivity contribution in [3.8, 4) is 6.01 Å². The zero-order chi connectivity index (χ0) is 12.3. The van der Waals surface area contributed by atoms with Crippen molar-refractivity contribution in [2.45, 2.75) is 26.2 Å². The fraction of sp³-hybridized carbons (Fsp3) is 0.727. The van der Waals surface area contributed by atoms with Crippen LogP contribution in [0, 0.1) is 11.8 Å². The van der Waals surface area contributed by atoms with E-state index in [4.69, 9.17) is 10.5 Å². The van der Waals surface area contributed by atoms with Crippen LogP contribution in [0.1, 0.15) is 26.2 Å². The molecule has 0 saturated heterocycles. The number of rotatable bonds is 4. The zero-order valence-electron chi connectivity index (χ0n) is 10.3. The van der Waals surface area contributed by atoms with Crippen LogP contribution >= 0.6 is 0 Å². The maximum absolute atomic E-state index is 5.56. The Morgan fingerprint density at radius 3 is 2.82 bits per heavy atom. The van der Waals surface area contributed by atoms with Crippen molar-refractivity contribution in [1.29, 1.82) is 0 Å². The summed E-state index contributed by atoms with van der Waals surface area (Å²) < 4.78 is 4.94. The molecule has 0 bridgehead atoms. The molecule has 1 fully saturated rings.